The average Bonchev–Trinajstić information content (AvgIpc) is 2.54. The Bertz CT molecular complexity index is 657. The van der Waals surface area contributed by atoms with Gasteiger partial charge in [-0.3, -0.25) is 4.79 Å². The fraction of sp³-hybridized carbons (Fsp3) is 0.556. The highest BCUT2D eigenvalue weighted by Crippen LogP contribution is 2.35. The molecule has 0 radical (unpaired) electrons. The summed E-state index contributed by atoms with van der Waals surface area (Å²) in [7, 11) is 1.26. The highest BCUT2D eigenvalue weighted by atomic mass is 19.2. The molecular formula is C18H23F2NO4. The van der Waals surface area contributed by atoms with Crippen LogP contribution < -0.4 is 0 Å². The molecule has 1 fully saturated rings. The molecule has 0 unspecified atom stereocenters. The molecule has 0 bridgehead atoms. The second-order valence-corrected chi connectivity index (χ2v) is 7.12. The van der Waals surface area contributed by atoms with E-state index >= 15 is 0 Å². The molecule has 138 valence electrons. The Morgan fingerprint density at radius 3 is 2.44 bits per heavy atom. The van der Waals surface area contributed by atoms with Crippen LogP contribution in [0.25, 0.3) is 0 Å². The maximum atomic E-state index is 13.6. The zero-order valence-corrected chi connectivity index (χ0v) is 14.8. The van der Waals surface area contributed by atoms with E-state index < -0.39 is 35.2 Å². The fourth-order valence-corrected chi connectivity index (χ4v) is 2.98. The van der Waals surface area contributed by atoms with E-state index in [9.17, 15) is 18.4 Å². The molecule has 1 heterocycles. The molecule has 5 nitrogen and oxygen atoms in total. The van der Waals surface area contributed by atoms with Gasteiger partial charge in [-0.2, -0.15) is 0 Å². The van der Waals surface area contributed by atoms with Crippen molar-refractivity contribution in [3.63, 3.8) is 0 Å². The number of benzene rings is 1. The molecule has 25 heavy (non-hydrogen) atoms. The number of ether oxygens (including phenoxy) is 2. The lowest BCUT2D eigenvalue weighted by atomic mass is 9.80. The van der Waals surface area contributed by atoms with Crippen molar-refractivity contribution >= 4 is 12.1 Å². The van der Waals surface area contributed by atoms with Gasteiger partial charge in [0, 0.05) is 19.0 Å². The number of carbonyl (C=O) groups is 2. The van der Waals surface area contributed by atoms with Crippen LogP contribution in [0.3, 0.4) is 0 Å². The van der Waals surface area contributed by atoms with Crippen molar-refractivity contribution in [2.75, 3.05) is 20.2 Å². The third kappa shape index (κ3) is 4.67. The van der Waals surface area contributed by atoms with Crippen LogP contribution in [0.4, 0.5) is 13.6 Å². The van der Waals surface area contributed by atoms with E-state index in [1.54, 1.807) is 20.8 Å². The first kappa shape index (κ1) is 19.1. The Hall–Kier alpha value is -2.18. The molecule has 1 amide bonds. The number of amides is 1. The largest absolute Gasteiger partial charge is 0.469 e. The highest BCUT2D eigenvalue weighted by Gasteiger charge is 2.39. The molecule has 1 aliphatic rings. The summed E-state index contributed by atoms with van der Waals surface area (Å²) >= 11 is 0. The van der Waals surface area contributed by atoms with E-state index in [0.717, 1.165) is 12.1 Å². The second-order valence-electron chi connectivity index (χ2n) is 7.12. The van der Waals surface area contributed by atoms with E-state index in [0.29, 0.717) is 18.5 Å². The van der Waals surface area contributed by atoms with Crippen molar-refractivity contribution in [3.05, 3.63) is 35.4 Å². The minimum absolute atomic E-state index is 0.102. The van der Waals surface area contributed by atoms with Crippen LogP contribution in [0, 0.1) is 17.6 Å². The number of likely N-dealkylation sites (tertiary alicyclic amines) is 1. The van der Waals surface area contributed by atoms with Crippen molar-refractivity contribution in [1.29, 1.82) is 0 Å². The number of nitrogens with zero attached hydrogens (tertiary/aromatic N) is 1. The summed E-state index contributed by atoms with van der Waals surface area (Å²) in [5, 5.41) is 0. The number of hydrogen-bond donors (Lipinski definition) is 0. The lowest BCUT2D eigenvalue weighted by Crippen LogP contribution is -2.47. The van der Waals surface area contributed by atoms with Crippen molar-refractivity contribution in [2.24, 2.45) is 5.92 Å². The lowest BCUT2D eigenvalue weighted by Gasteiger charge is -2.37. The molecule has 0 saturated carbocycles. The van der Waals surface area contributed by atoms with Crippen LogP contribution in [0.2, 0.25) is 0 Å². The highest BCUT2D eigenvalue weighted by molar-refractivity contribution is 5.76. The van der Waals surface area contributed by atoms with E-state index in [-0.39, 0.29) is 12.5 Å². The minimum atomic E-state index is -0.962. The quantitative estimate of drug-likeness (QED) is 0.762. The van der Waals surface area contributed by atoms with Crippen LogP contribution in [0.15, 0.2) is 18.2 Å². The Labute approximate surface area is 145 Å². The molecule has 1 aromatic carbocycles. The summed E-state index contributed by atoms with van der Waals surface area (Å²) in [5.41, 5.74) is -0.132. The molecule has 7 heteroatoms. The predicted octanol–water partition coefficient (Wildman–Crippen LogP) is 3.48. The monoisotopic (exact) mass is 355 g/mol. The van der Waals surface area contributed by atoms with Gasteiger partial charge in [0.15, 0.2) is 11.6 Å². The molecule has 1 aromatic rings. The Kier molecular flexibility index (Phi) is 5.65. The average molecular weight is 355 g/mol. The van der Waals surface area contributed by atoms with Gasteiger partial charge in [-0.25, -0.2) is 13.6 Å². The van der Waals surface area contributed by atoms with Gasteiger partial charge in [0.05, 0.1) is 13.0 Å². The first-order valence-corrected chi connectivity index (χ1v) is 8.13. The summed E-state index contributed by atoms with van der Waals surface area (Å²) in [5.74, 6) is -3.43. The van der Waals surface area contributed by atoms with Gasteiger partial charge in [-0.05, 0) is 44.9 Å². The predicted molar refractivity (Wildman–Crippen MR) is 87.0 cm³/mol. The standard InChI is InChI=1S/C18H23F2NO4/c1-18(2,3)25-17(23)21-8-7-12(13(10-21)16(22)24-4)11-5-6-14(19)15(20)9-11/h5-6,9,12-13H,7-8,10H2,1-4H3/t12-,13+/m1/s1. The Morgan fingerprint density at radius 1 is 1.20 bits per heavy atom. The number of esters is 1. The molecule has 1 aliphatic heterocycles. The molecule has 0 spiro atoms. The Morgan fingerprint density at radius 2 is 1.88 bits per heavy atom. The molecule has 2 atom stereocenters. The minimum Gasteiger partial charge on any atom is -0.469 e. The SMILES string of the molecule is COC(=O)[C@H]1CN(C(=O)OC(C)(C)C)CC[C@@H]1c1ccc(F)c(F)c1. The summed E-state index contributed by atoms with van der Waals surface area (Å²) in [6.45, 7) is 5.74. The number of methoxy groups -OCH3 is 1. The molecule has 0 aliphatic carbocycles. The molecule has 0 N–H and O–H groups in total. The van der Waals surface area contributed by atoms with Crippen molar-refractivity contribution < 1.29 is 27.8 Å². The maximum Gasteiger partial charge on any atom is 0.410 e. The molecule has 2 rings (SSSR count). The topological polar surface area (TPSA) is 55.8 Å². The van der Waals surface area contributed by atoms with E-state index in [2.05, 4.69) is 0 Å². The smallest absolute Gasteiger partial charge is 0.410 e. The second kappa shape index (κ2) is 7.37. The van der Waals surface area contributed by atoms with Crippen molar-refractivity contribution in [1.82, 2.24) is 4.90 Å². The first-order valence-electron chi connectivity index (χ1n) is 8.13. The van der Waals surface area contributed by atoms with Gasteiger partial charge in [0.1, 0.15) is 5.60 Å². The third-order valence-electron chi connectivity index (χ3n) is 4.14. The van der Waals surface area contributed by atoms with Gasteiger partial charge >= 0.3 is 12.1 Å². The van der Waals surface area contributed by atoms with Gasteiger partial charge in [0.2, 0.25) is 0 Å². The molecule has 1 saturated heterocycles. The van der Waals surface area contributed by atoms with Gasteiger partial charge < -0.3 is 14.4 Å². The first-order chi connectivity index (χ1) is 11.6. The summed E-state index contributed by atoms with van der Waals surface area (Å²) in [6, 6.07) is 3.60. The number of hydrogen-bond acceptors (Lipinski definition) is 4. The zero-order valence-electron chi connectivity index (χ0n) is 14.8. The molecular weight excluding hydrogens is 332 g/mol. The van der Waals surface area contributed by atoms with Crippen LogP contribution in [0.1, 0.15) is 38.7 Å². The summed E-state index contributed by atoms with van der Waals surface area (Å²) in [4.78, 5) is 25.9. The number of rotatable bonds is 2. The van der Waals surface area contributed by atoms with Crippen LogP contribution in [0.5, 0.6) is 0 Å². The van der Waals surface area contributed by atoms with Gasteiger partial charge in [-0.1, -0.05) is 6.07 Å². The normalized spacial score (nSPS) is 21.0. The summed E-state index contributed by atoms with van der Waals surface area (Å²) in [6.07, 6.45) is -0.0884. The van der Waals surface area contributed by atoms with Crippen molar-refractivity contribution in [2.45, 2.75) is 38.7 Å². The van der Waals surface area contributed by atoms with E-state index in [4.69, 9.17) is 9.47 Å². The lowest BCUT2D eigenvalue weighted by molar-refractivity contribution is -0.148. The zero-order chi connectivity index (χ0) is 18.8. The number of piperidine rings is 1. The van der Waals surface area contributed by atoms with Gasteiger partial charge in [0.25, 0.3) is 0 Å². The van der Waals surface area contributed by atoms with Crippen LogP contribution >= 0.6 is 0 Å². The number of halogens is 2. The number of carbonyl (C=O) groups excluding carboxylic acids is 2. The maximum absolute atomic E-state index is 13.6. The van der Waals surface area contributed by atoms with Gasteiger partial charge in [-0.15, -0.1) is 0 Å². The fourth-order valence-electron chi connectivity index (χ4n) is 2.98. The van der Waals surface area contributed by atoms with Crippen LogP contribution in [-0.2, 0) is 14.3 Å². The third-order valence-corrected chi connectivity index (χ3v) is 4.14. The van der Waals surface area contributed by atoms with E-state index in [1.165, 1.54) is 18.1 Å². The molecule has 0 aromatic heterocycles. The van der Waals surface area contributed by atoms with Crippen LogP contribution in [-0.4, -0.2) is 42.8 Å². The Balaban J connectivity index is 2.22. The van der Waals surface area contributed by atoms with E-state index in [1.807, 2.05) is 0 Å². The summed E-state index contributed by atoms with van der Waals surface area (Å²) < 4.78 is 36.9. The van der Waals surface area contributed by atoms with Crippen molar-refractivity contribution in [3.8, 4) is 0 Å².